The van der Waals surface area contributed by atoms with E-state index in [-0.39, 0.29) is 12.3 Å². The van der Waals surface area contributed by atoms with Crippen molar-refractivity contribution in [2.45, 2.75) is 25.4 Å². The SMILES string of the molecule is COCCC(C)(O)CNS(=O)(=O)CCc1ccccn1. The van der Waals surface area contributed by atoms with Crippen molar-refractivity contribution in [3.63, 3.8) is 0 Å². The Hall–Kier alpha value is -1.02. The van der Waals surface area contributed by atoms with E-state index < -0.39 is 15.6 Å². The van der Waals surface area contributed by atoms with Crippen LogP contribution >= 0.6 is 0 Å². The van der Waals surface area contributed by atoms with Crippen LogP contribution in [-0.2, 0) is 21.2 Å². The highest BCUT2D eigenvalue weighted by molar-refractivity contribution is 7.89. The summed E-state index contributed by atoms with van der Waals surface area (Å²) >= 11 is 0. The van der Waals surface area contributed by atoms with Crippen LogP contribution in [0.15, 0.2) is 24.4 Å². The summed E-state index contributed by atoms with van der Waals surface area (Å²) in [5.74, 6) is -0.0512. The van der Waals surface area contributed by atoms with Crippen molar-refractivity contribution in [3.05, 3.63) is 30.1 Å². The van der Waals surface area contributed by atoms with Crippen LogP contribution in [0, 0.1) is 0 Å². The van der Waals surface area contributed by atoms with Crippen molar-refractivity contribution in [1.29, 1.82) is 0 Å². The van der Waals surface area contributed by atoms with Gasteiger partial charge in [0.15, 0.2) is 0 Å². The molecule has 0 aliphatic heterocycles. The largest absolute Gasteiger partial charge is 0.389 e. The zero-order chi connectivity index (χ0) is 15.1. The zero-order valence-corrected chi connectivity index (χ0v) is 12.7. The summed E-state index contributed by atoms with van der Waals surface area (Å²) in [7, 11) is -1.89. The lowest BCUT2D eigenvalue weighted by molar-refractivity contribution is 0.0292. The lowest BCUT2D eigenvalue weighted by Crippen LogP contribution is -2.42. The van der Waals surface area contributed by atoms with E-state index in [1.807, 2.05) is 6.07 Å². The number of rotatable bonds is 9. The molecule has 0 bridgehead atoms. The maximum Gasteiger partial charge on any atom is 0.212 e. The van der Waals surface area contributed by atoms with E-state index in [1.54, 1.807) is 25.3 Å². The molecule has 0 saturated heterocycles. The van der Waals surface area contributed by atoms with Crippen LogP contribution < -0.4 is 4.72 Å². The summed E-state index contributed by atoms with van der Waals surface area (Å²) in [6.07, 6.45) is 2.34. The molecule has 1 rings (SSSR count). The molecule has 1 aromatic rings. The van der Waals surface area contributed by atoms with Gasteiger partial charge >= 0.3 is 0 Å². The first kappa shape index (κ1) is 17.0. The van der Waals surface area contributed by atoms with Gasteiger partial charge in [-0.15, -0.1) is 0 Å². The molecule has 2 N–H and O–H groups in total. The smallest absolute Gasteiger partial charge is 0.212 e. The Morgan fingerprint density at radius 3 is 2.80 bits per heavy atom. The maximum absolute atomic E-state index is 11.8. The van der Waals surface area contributed by atoms with Crippen molar-refractivity contribution in [1.82, 2.24) is 9.71 Å². The Morgan fingerprint density at radius 2 is 2.20 bits per heavy atom. The van der Waals surface area contributed by atoms with Crippen molar-refractivity contribution in [3.8, 4) is 0 Å². The first-order valence-corrected chi connectivity index (χ1v) is 8.08. The molecule has 0 amide bonds. The highest BCUT2D eigenvalue weighted by atomic mass is 32.2. The summed E-state index contributed by atoms with van der Waals surface area (Å²) in [6, 6.07) is 5.38. The van der Waals surface area contributed by atoms with Crippen LogP contribution in [0.4, 0.5) is 0 Å². The van der Waals surface area contributed by atoms with Crippen molar-refractivity contribution in [2.75, 3.05) is 26.0 Å². The Balaban J connectivity index is 2.42. The number of nitrogens with one attached hydrogen (secondary N) is 1. The Morgan fingerprint density at radius 1 is 1.45 bits per heavy atom. The summed E-state index contributed by atoms with van der Waals surface area (Å²) in [5.41, 5.74) is -0.391. The van der Waals surface area contributed by atoms with Gasteiger partial charge in [0.1, 0.15) is 0 Å². The zero-order valence-electron chi connectivity index (χ0n) is 11.9. The molecule has 6 nitrogen and oxygen atoms in total. The van der Waals surface area contributed by atoms with Crippen LogP contribution in [0.2, 0.25) is 0 Å². The highest BCUT2D eigenvalue weighted by Crippen LogP contribution is 2.08. The second-order valence-electron chi connectivity index (χ2n) is 4.95. The molecule has 114 valence electrons. The fourth-order valence-corrected chi connectivity index (χ4v) is 2.69. The molecule has 0 spiro atoms. The number of pyridine rings is 1. The molecule has 1 aromatic heterocycles. The predicted octanol–water partition coefficient (Wildman–Crippen LogP) is 0.331. The summed E-state index contributed by atoms with van der Waals surface area (Å²) in [4.78, 5) is 4.07. The Kier molecular flexibility index (Phi) is 6.54. The second kappa shape index (κ2) is 7.68. The van der Waals surface area contributed by atoms with Gasteiger partial charge in [-0.2, -0.15) is 0 Å². The highest BCUT2D eigenvalue weighted by Gasteiger charge is 2.23. The molecule has 7 heteroatoms. The first-order valence-electron chi connectivity index (χ1n) is 6.43. The third kappa shape index (κ3) is 6.95. The number of nitrogens with zero attached hydrogens (tertiary/aromatic N) is 1. The van der Waals surface area contributed by atoms with Gasteiger partial charge in [-0.05, 0) is 19.1 Å². The van der Waals surface area contributed by atoms with Gasteiger partial charge in [0, 0.05) is 45.0 Å². The molecule has 0 aromatic carbocycles. The minimum atomic E-state index is -3.43. The Bertz CT molecular complexity index is 488. The summed E-state index contributed by atoms with van der Waals surface area (Å²) in [6.45, 7) is 1.93. The number of aliphatic hydroxyl groups is 1. The number of ether oxygens (including phenoxy) is 1. The van der Waals surface area contributed by atoms with Crippen LogP contribution in [0.5, 0.6) is 0 Å². The minimum Gasteiger partial charge on any atom is -0.389 e. The van der Waals surface area contributed by atoms with Crippen molar-refractivity contribution in [2.24, 2.45) is 0 Å². The standard InChI is InChI=1S/C13H22N2O4S/c1-13(16,7-9-19-2)11-15-20(17,18)10-6-12-5-3-4-8-14-12/h3-5,8,15-16H,6-7,9-11H2,1-2H3. The fraction of sp³-hybridized carbons (Fsp3) is 0.615. The summed E-state index contributed by atoms with van der Waals surface area (Å²) < 4.78 is 31.0. The van der Waals surface area contributed by atoms with Crippen LogP contribution in [-0.4, -0.2) is 50.1 Å². The molecule has 0 aliphatic carbocycles. The van der Waals surface area contributed by atoms with Crippen molar-refractivity contribution < 1.29 is 18.3 Å². The number of hydrogen-bond donors (Lipinski definition) is 2. The molecule has 20 heavy (non-hydrogen) atoms. The number of methoxy groups -OCH3 is 1. The fourth-order valence-electron chi connectivity index (χ4n) is 1.53. The summed E-state index contributed by atoms with van der Waals surface area (Å²) in [5, 5.41) is 9.97. The van der Waals surface area contributed by atoms with Gasteiger partial charge in [0.05, 0.1) is 11.4 Å². The molecule has 0 radical (unpaired) electrons. The molecule has 0 fully saturated rings. The van der Waals surface area contributed by atoms with Gasteiger partial charge in [0.2, 0.25) is 10.0 Å². The van der Waals surface area contributed by atoms with Crippen LogP contribution in [0.1, 0.15) is 19.0 Å². The van der Waals surface area contributed by atoms with E-state index in [4.69, 9.17) is 4.74 Å². The van der Waals surface area contributed by atoms with Gasteiger partial charge in [-0.25, -0.2) is 13.1 Å². The molecule has 0 saturated carbocycles. The van der Waals surface area contributed by atoms with E-state index in [1.165, 1.54) is 7.11 Å². The average molecular weight is 302 g/mol. The van der Waals surface area contributed by atoms with Crippen LogP contribution in [0.25, 0.3) is 0 Å². The lowest BCUT2D eigenvalue weighted by Gasteiger charge is -2.23. The maximum atomic E-state index is 11.8. The number of aryl methyl sites for hydroxylation is 1. The molecule has 1 unspecified atom stereocenters. The second-order valence-corrected chi connectivity index (χ2v) is 6.88. The Labute approximate surface area is 120 Å². The molecule has 1 atom stereocenters. The van der Waals surface area contributed by atoms with Gasteiger partial charge in [-0.1, -0.05) is 6.07 Å². The average Bonchev–Trinajstić information content (AvgIpc) is 2.43. The van der Waals surface area contributed by atoms with E-state index in [0.717, 1.165) is 5.69 Å². The van der Waals surface area contributed by atoms with E-state index in [2.05, 4.69) is 9.71 Å². The third-order valence-corrected chi connectivity index (χ3v) is 4.20. The normalized spacial score (nSPS) is 14.9. The molecular formula is C13H22N2O4S. The quantitative estimate of drug-likeness (QED) is 0.686. The third-order valence-electron chi connectivity index (χ3n) is 2.87. The molecule has 1 heterocycles. The molecular weight excluding hydrogens is 280 g/mol. The van der Waals surface area contributed by atoms with E-state index in [9.17, 15) is 13.5 Å². The van der Waals surface area contributed by atoms with Crippen molar-refractivity contribution >= 4 is 10.0 Å². The van der Waals surface area contributed by atoms with Crippen LogP contribution in [0.3, 0.4) is 0 Å². The monoisotopic (exact) mass is 302 g/mol. The number of aromatic nitrogens is 1. The lowest BCUT2D eigenvalue weighted by atomic mass is 10.0. The predicted molar refractivity (Wildman–Crippen MR) is 76.8 cm³/mol. The van der Waals surface area contributed by atoms with Gasteiger partial charge < -0.3 is 9.84 Å². The topological polar surface area (TPSA) is 88.5 Å². The van der Waals surface area contributed by atoms with E-state index in [0.29, 0.717) is 19.4 Å². The van der Waals surface area contributed by atoms with Gasteiger partial charge in [-0.3, -0.25) is 4.98 Å². The first-order chi connectivity index (χ1) is 9.35. The number of hydrogen-bond acceptors (Lipinski definition) is 5. The number of sulfonamides is 1. The van der Waals surface area contributed by atoms with E-state index >= 15 is 0 Å². The minimum absolute atomic E-state index is 0.0269. The van der Waals surface area contributed by atoms with Gasteiger partial charge in [0.25, 0.3) is 0 Å². The molecule has 0 aliphatic rings.